The Kier molecular flexibility index (Phi) is 6.35. The zero-order valence-electron chi connectivity index (χ0n) is 15.7. The van der Waals surface area contributed by atoms with E-state index >= 15 is 0 Å². The summed E-state index contributed by atoms with van der Waals surface area (Å²) in [4.78, 5) is 15.1. The van der Waals surface area contributed by atoms with Crippen molar-refractivity contribution in [3.05, 3.63) is 29.8 Å². The number of methoxy groups -OCH3 is 1. The molecule has 0 radical (unpaired) electrons. The second-order valence-corrected chi connectivity index (χ2v) is 7.69. The van der Waals surface area contributed by atoms with Gasteiger partial charge in [-0.05, 0) is 68.7 Å². The molecule has 1 aromatic rings. The summed E-state index contributed by atoms with van der Waals surface area (Å²) in [5.41, 5.74) is 1.21. The van der Waals surface area contributed by atoms with Crippen molar-refractivity contribution in [3.63, 3.8) is 0 Å². The number of hydrogen-bond donors (Lipinski definition) is 1. The standard InChI is InChI=1S/C21H32N2O2/c1-16(18-8-5-11-22-15-18)13-21(24)23-12-6-9-19(23)14-17-7-3-4-10-20(17)25-2/h3-4,7,10,16,18-19,22H,5-6,8-9,11-15H2,1-2H3. The van der Waals surface area contributed by atoms with Crippen LogP contribution < -0.4 is 10.1 Å². The highest BCUT2D eigenvalue weighted by molar-refractivity contribution is 5.77. The van der Waals surface area contributed by atoms with Crippen LogP contribution in [-0.4, -0.2) is 43.6 Å². The van der Waals surface area contributed by atoms with Crippen molar-refractivity contribution < 1.29 is 9.53 Å². The molecule has 0 aromatic heterocycles. The topological polar surface area (TPSA) is 41.6 Å². The van der Waals surface area contributed by atoms with Crippen LogP contribution in [0.15, 0.2) is 24.3 Å². The van der Waals surface area contributed by atoms with Gasteiger partial charge in [-0.2, -0.15) is 0 Å². The highest BCUT2D eigenvalue weighted by atomic mass is 16.5. The Balaban J connectivity index is 1.59. The maximum Gasteiger partial charge on any atom is 0.223 e. The quantitative estimate of drug-likeness (QED) is 0.861. The number of likely N-dealkylation sites (tertiary alicyclic amines) is 1. The number of amides is 1. The van der Waals surface area contributed by atoms with E-state index in [4.69, 9.17) is 4.74 Å². The van der Waals surface area contributed by atoms with E-state index < -0.39 is 0 Å². The second kappa shape index (κ2) is 8.70. The molecule has 3 unspecified atom stereocenters. The van der Waals surface area contributed by atoms with Crippen LogP contribution in [0.1, 0.15) is 44.6 Å². The summed E-state index contributed by atoms with van der Waals surface area (Å²) in [5, 5.41) is 3.47. The first-order valence-electron chi connectivity index (χ1n) is 9.81. The molecule has 3 rings (SSSR count). The molecule has 0 saturated carbocycles. The van der Waals surface area contributed by atoms with Gasteiger partial charge in [0.05, 0.1) is 7.11 Å². The van der Waals surface area contributed by atoms with Crippen molar-refractivity contribution in [2.24, 2.45) is 11.8 Å². The highest BCUT2D eigenvalue weighted by Gasteiger charge is 2.31. The molecule has 4 nitrogen and oxygen atoms in total. The van der Waals surface area contributed by atoms with Gasteiger partial charge in [0.1, 0.15) is 5.75 Å². The summed E-state index contributed by atoms with van der Waals surface area (Å²) in [6.45, 7) is 5.36. The predicted octanol–water partition coefficient (Wildman–Crippen LogP) is 3.25. The normalized spacial score (nSPS) is 25.0. The van der Waals surface area contributed by atoms with Crippen LogP contribution >= 0.6 is 0 Å². The third-order valence-electron chi connectivity index (χ3n) is 5.98. The van der Waals surface area contributed by atoms with E-state index in [1.54, 1.807) is 7.11 Å². The molecule has 25 heavy (non-hydrogen) atoms. The fourth-order valence-electron chi connectivity index (χ4n) is 4.43. The molecule has 2 saturated heterocycles. The van der Waals surface area contributed by atoms with Gasteiger partial charge in [-0.3, -0.25) is 4.79 Å². The number of rotatable bonds is 6. The van der Waals surface area contributed by atoms with Gasteiger partial charge in [-0.15, -0.1) is 0 Å². The summed E-state index contributed by atoms with van der Waals surface area (Å²) >= 11 is 0. The molecule has 1 aromatic carbocycles. The molecule has 0 aliphatic carbocycles. The van der Waals surface area contributed by atoms with E-state index in [-0.39, 0.29) is 0 Å². The van der Waals surface area contributed by atoms with Crippen LogP contribution in [0.2, 0.25) is 0 Å². The maximum absolute atomic E-state index is 12.9. The fraction of sp³-hybridized carbons (Fsp3) is 0.667. The van der Waals surface area contributed by atoms with Gasteiger partial charge in [0, 0.05) is 19.0 Å². The fourth-order valence-corrected chi connectivity index (χ4v) is 4.43. The van der Waals surface area contributed by atoms with Crippen molar-refractivity contribution in [2.45, 2.75) is 51.5 Å². The predicted molar refractivity (Wildman–Crippen MR) is 101 cm³/mol. The van der Waals surface area contributed by atoms with Gasteiger partial charge in [0.2, 0.25) is 5.91 Å². The van der Waals surface area contributed by atoms with Crippen LogP contribution in [-0.2, 0) is 11.2 Å². The first-order chi connectivity index (χ1) is 12.2. The van der Waals surface area contributed by atoms with E-state index in [1.807, 2.05) is 12.1 Å². The molecule has 2 fully saturated rings. The minimum Gasteiger partial charge on any atom is -0.496 e. The summed E-state index contributed by atoms with van der Waals surface area (Å²) < 4.78 is 5.48. The van der Waals surface area contributed by atoms with E-state index in [1.165, 1.54) is 18.4 Å². The summed E-state index contributed by atoms with van der Waals surface area (Å²) in [7, 11) is 1.72. The third-order valence-corrected chi connectivity index (χ3v) is 5.98. The Morgan fingerprint density at radius 2 is 2.16 bits per heavy atom. The second-order valence-electron chi connectivity index (χ2n) is 7.69. The molecule has 4 heteroatoms. The third kappa shape index (κ3) is 4.55. The maximum atomic E-state index is 12.9. The molecular weight excluding hydrogens is 312 g/mol. The molecule has 2 aliphatic rings. The number of hydrogen-bond acceptors (Lipinski definition) is 3. The van der Waals surface area contributed by atoms with E-state index in [2.05, 4.69) is 29.3 Å². The highest BCUT2D eigenvalue weighted by Crippen LogP contribution is 2.29. The minimum absolute atomic E-state index is 0.320. The Bertz CT molecular complexity index is 569. The van der Waals surface area contributed by atoms with Crippen molar-refractivity contribution in [2.75, 3.05) is 26.7 Å². The SMILES string of the molecule is COc1ccccc1CC1CCCN1C(=O)CC(C)C1CCCNC1. The number of carbonyl (C=O) groups is 1. The Morgan fingerprint density at radius 1 is 1.32 bits per heavy atom. The number of benzene rings is 1. The van der Waals surface area contributed by atoms with Gasteiger partial charge < -0.3 is 15.0 Å². The Labute approximate surface area is 151 Å². The van der Waals surface area contributed by atoms with Gasteiger partial charge in [-0.1, -0.05) is 25.1 Å². The number of nitrogens with zero attached hydrogens (tertiary/aromatic N) is 1. The van der Waals surface area contributed by atoms with Crippen molar-refractivity contribution in [1.82, 2.24) is 10.2 Å². The average molecular weight is 344 g/mol. The summed E-state index contributed by atoms with van der Waals surface area (Å²) in [5.74, 6) is 2.39. The van der Waals surface area contributed by atoms with Crippen LogP contribution in [0.3, 0.4) is 0 Å². The van der Waals surface area contributed by atoms with Crippen molar-refractivity contribution in [1.29, 1.82) is 0 Å². The smallest absolute Gasteiger partial charge is 0.223 e. The van der Waals surface area contributed by atoms with E-state index in [9.17, 15) is 4.79 Å². The molecular formula is C21H32N2O2. The minimum atomic E-state index is 0.320. The molecule has 0 bridgehead atoms. The van der Waals surface area contributed by atoms with Crippen LogP contribution in [0.4, 0.5) is 0 Å². The monoisotopic (exact) mass is 344 g/mol. The van der Waals surface area contributed by atoms with Crippen molar-refractivity contribution >= 4 is 5.91 Å². The molecule has 1 N–H and O–H groups in total. The lowest BCUT2D eigenvalue weighted by Crippen LogP contribution is -2.40. The van der Waals surface area contributed by atoms with Gasteiger partial charge in [0.15, 0.2) is 0 Å². The lowest BCUT2D eigenvalue weighted by atomic mass is 9.85. The Morgan fingerprint density at radius 3 is 2.92 bits per heavy atom. The molecule has 2 aliphatic heterocycles. The first kappa shape index (κ1) is 18.2. The van der Waals surface area contributed by atoms with E-state index in [0.29, 0.717) is 30.2 Å². The summed E-state index contributed by atoms with van der Waals surface area (Å²) in [6.07, 6.45) is 6.30. The van der Waals surface area contributed by atoms with Crippen LogP contribution in [0.25, 0.3) is 0 Å². The number of carbonyl (C=O) groups excluding carboxylic acids is 1. The summed E-state index contributed by atoms with van der Waals surface area (Å²) in [6, 6.07) is 8.50. The lowest BCUT2D eigenvalue weighted by molar-refractivity contribution is -0.133. The molecule has 0 spiro atoms. The molecule has 138 valence electrons. The Hall–Kier alpha value is -1.55. The van der Waals surface area contributed by atoms with Gasteiger partial charge in [0.25, 0.3) is 0 Å². The largest absolute Gasteiger partial charge is 0.496 e. The lowest BCUT2D eigenvalue weighted by Gasteiger charge is -2.31. The molecule has 1 amide bonds. The van der Waals surface area contributed by atoms with Crippen LogP contribution in [0.5, 0.6) is 5.75 Å². The zero-order valence-corrected chi connectivity index (χ0v) is 15.7. The van der Waals surface area contributed by atoms with E-state index in [0.717, 1.165) is 44.6 Å². The van der Waals surface area contributed by atoms with Gasteiger partial charge in [-0.25, -0.2) is 0 Å². The number of nitrogens with one attached hydrogen (secondary N) is 1. The van der Waals surface area contributed by atoms with Gasteiger partial charge >= 0.3 is 0 Å². The van der Waals surface area contributed by atoms with Crippen LogP contribution in [0, 0.1) is 11.8 Å². The first-order valence-corrected chi connectivity index (χ1v) is 9.81. The van der Waals surface area contributed by atoms with Crippen molar-refractivity contribution in [3.8, 4) is 5.75 Å². The zero-order chi connectivity index (χ0) is 17.6. The average Bonchev–Trinajstić information content (AvgIpc) is 3.11. The molecule has 2 heterocycles. The molecule has 3 atom stereocenters. The number of piperidine rings is 1. The number of ether oxygens (including phenoxy) is 1. The number of para-hydroxylation sites is 1.